The van der Waals surface area contributed by atoms with Crippen LogP contribution in [0.5, 0.6) is 5.75 Å². The molecule has 2 saturated carbocycles. The Morgan fingerprint density at radius 2 is 1.77 bits per heavy atom. The van der Waals surface area contributed by atoms with Crippen molar-refractivity contribution in [3.05, 3.63) is 82.6 Å². The van der Waals surface area contributed by atoms with Crippen LogP contribution in [0.3, 0.4) is 0 Å². The van der Waals surface area contributed by atoms with Crippen LogP contribution in [0.2, 0.25) is 5.02 Å². The number of likely N-dealkylation sites (N-methyl/N-ethyl adjacent to an activating group) is 1. The molecular weight excluding hydrogens is 686 g/mol. The van der Waals surface area contributed by atoms with Crippen molar-refractivity contribution in [3.63, 3.8) is 0 Å². The van der Waals surface area contributed by atoms with Gasteiger partial charge in [-0.15, -0.1) is 0 Å². The van der Waals surface area contributed by atoms with Gasteiger partial charge in [0.05, 0.1) is 19.3 Å². The maximum Gasteiger partial charge on any atom is 0.239 e. The molecule has 0 aliphatic heterocycles. The molecule has 1 unspecified atom stereocenters. The second-order valence-corrected chi connectivity index (χ2v) is 14.8. The third-order valence-electron chi connectivity index (χ3n) is 10.5. The van der Waals surface area contributed by atoms with Gasteiger partial charge in [-0.2, -0.15) is 0 Å². The molecule has 282 valence electrons. The monoisotopic (exact) mass is 737 g/mol. The number of carbonyl (C=O) groups is 2. The Morgan fingerprint density at radius 3 is 2.46 bits per heavy atom. The molecule has 6 N–H and O–H groups in total. The largest absolute Gasteiger partial charge is 0.490 e. The number of halogens is 1. The number of amides is 2. The van der Waals surface area contributed by atoms with Crippen molar-refractivity contribution in [2.75, 3.05) is 26.7 Å². The number of benzene rings is 2. The Kier molecular flexibility index (Phi) is 13.7. The van der Waals surface area contributed by atoms with E-state index in [9.17, 15) is 30.0 Å². The maximum absolute atomic E-state index is 13.2. The van der Waals surface area contributed by atoms with E-state index < -0.39 is 49.4 Å². The first kappa shape index (κ1) is 39.6. The molecule has 2 aliphatic rings. The summed E-state index contributed by atoms with van der Waals surface area (Å²) in [7, 11) is 1.42. The zero-order valence-electron chi connectivity index (χ0n) is 30.0. The van der Waals surface area contributed by atoms with E-state index in [1.807, 2.05) is 30.6 Å². The molecule has 1 heterocycles. The smallest absolute Gasteiger partial charge is 0.239 e. The molecule has 2 aromatic carbocycles. The van der Waals surface area contributed by atoms with E-state index in [4.69, 9.17) is 21.4 Å². The molecule has 11 nitrogen and oxygen atoms in total. The van der Waals surface area contributed by atoms with E-state index in [0.717, 1.165) is 70.9 Å². The minimum Gasteiger partial charge on any atom is -0.490 e. The Hall–Kier alpha value is -3.58. The summed E-state index contributed by atoms with van der Waals surface area (Å²) < 4.78 is 6.28. The summed E-state index contributed by atoms with van der Waals surface area (Å²) in [6, 6.07) is 16.5. The minimum atomic E-state index is -1.84. The molecule has 0 radical (unpaired) electrons. The number of nitrogens with one attached hydrogen (secondary N) is 1. The van der Waals surface area contributed by atoms with Gasteiger partial charge in [0.2, 0.25) is 11.8 Å². The summed E-state index contributed by atoms with van der Waals surface area (Å²) >= 11 is 6.75. The summed E-state index contributed by atoms with van der Waals surface area (Å²) in [6.07, 6.45) is 4.53. The fourth-order valence-corrected chi connectivity index (χ4v) is 6.98. The molecule has 3 aromatic rings. The second-order valence-electron chi connectivity index (χ2n) is 14.4. The van der Waals surface area contributed by atoms with Crippen LogP contribution in [-0.4, -0.2) is 104 Å². The zero-order valence-corrected chi connectivity index (χ0v) is 30.7. The van der Waals surface area contributed by atoms with Crippen molar-refractivity contribution in [2.24, 2.45) is 0 Å². The molecule has 12 heteroatoms. The number of nitrogens with zero attached hydrogens (tertiary/aromatic N) is 2. The van der Waals surface area contributed by atoms with Crippen LogP contribution in [0, 0.1) is 0 Å². The number of ether oxygens (including phenoxy) is 1. The van der Waals surface area contributed by atoms with Crippen LogP contribution >= 0.6 is 11.6 Å². The summed E-state index contributed by atoms with van der Waals surface area (Å²) in [5, 5.41) is 52.5. The third-order valence-corrected chi connectivity index (χ3v) is 10.8. The summed E-state index contributed by atoms with van der Waals surface area (Å²) in [5.41, 5.74) is 5.73. The second kappa shape index (κ2) is 18.0. The number of rotatable bonds is 20. The lowest BCUT2D eigenvalue weighted by atomic mass is 9.84. The molecule has 0 spiro atoms. The van der Waals surface area contributed by atoms with Crippen molar-refractivity contribution >= 4 is 23.4 Å². The Labute approximate surface area is 310 Å². The van der Waals surface area contributed by atoms with Crippen LogP contribution in [-0.2, 0) is 21.4 Å². The quantitative estimate of drug-likeness (QED) is 0.101. The van der Waals surface area contributed by atoms with Gasteiger partial charge in [0.25, 0.3) is 0 Å². The number of hydrogen-bond acceptors (Lipinski definition) is 9. The van der Waals surface area contributed by atoms with Gasteiger partial charge < -0.3 is 40.5 Å². The summed E-state index contributed by atoms with van der Waals surface area (Å²) in [5.74, 6) is 0.169. The molecule has 0 saturated heterocycles. The average Bonchev–Trinajstić information content (AvgIpc) is 4.11. The average molecular weight is 738 g/mol. The molecule has 2 aliphatic carbocycles. The molecular formula is C40H52ClN3O8. The number of hydrogen-bond donors (Lipinski definition) is 6. The number of pyridine rings is 1. The van der Waals surface area contributed by atoms with Gasteiger partial charge in [-0.25, -0.2) is 0 Å². The Morgan fingerprint density at radius 1 is 1.04 bits per heavy atom. The van der Waals surface area contributed by atoms with Gasteiger partial charge >= 0.3 is 0 Å². The van der Waals surface area contributed by atoms with Crippen molar-refractivity contribution in [1.29, 1.82) is 0 Å². The van der Waals surface area contributed by atoms with E-state index in [0.29, 0.717) is 18.9 Å². The highest BCUT2D eigenvalue weighted by molar-refractivity contribution is 6.31. The predicted octanol–water partition coefficient (Wildman–Crippen LogP) is 3.89. The summed E-state index contributed by atoms with van der Waals surface area (Å²) in [4.78, 5) is 31.0. The number of aliphatic hydroxyl groups is 5. The number of para-hydroxylation sites is 1. The Balaban J connectivity index is 1.19. The van der Waals surface area contributed by atoms with Gasteiger partial charge in [-0.3, -0.25) is 14.6 Å². The first-order valence-corrected chi connectivity index (χ1v) is 18.6. The standard InChI is InChI=1S/C40H52ClN3O8/c1-25(6-5-9-37(49)44(23-36(48)42-2)22-33(46)38(50)39(51)34(47)24-45)26-10-13-32(41)27(20-26)14-16-40(17-18-40)31-21-43-19-15-29(31)30-7-3-4-8-35(30)52-28-11-12-28/h3-4,7-8,10,13,15,19-21,25,28,33-34,38-39,45-47,50-51H,5-6,9,11-12,14,16-18,22-24H2,1-2H3,(H,42,48)/t25?,33-,34+,38+,39+/m0/s1. The third kappa shape index (κ3) is 10.1. The fraction of sp³-hybridized carbons (Fsp3) is 0.525. The first-order chi connectivity index (χ1) is 25.0. The lowest BCUT2D eigenvalue weighted by Crippen LogP contribution is -2.52. The molecule has 1 aromatic heterocycles. The number of carbonyl (C=O) groups excluding carboxylic acids is 2. The van der Waals surface area contributed by atoms with E-state index in [1.54, 1.807) is 0 Å². The van der Waals surface area contributed by atoms with Crippen LogP contribution < -0.4 is 10.1 Å². The molecule has 52 heavy (non-hydrogen) atoms. The van der Waals surface area contributed by atoms with Gasteiger partial charge in [0.15, 0.2) is 0 Å². The highest BCUT2D eigenvalue weighted by atomic mass is 35.5. The van der Waals surface area contributed by atoms with E-state index in [2.05, 4.69) is 47.6 Å². The maximum atomic E-state index is 13.2. The highest BCUT2D eigenvalue weighted by Gasteiger charge is 2.45. The number of aliphatic hydroxyl groups excluding tert-OH is 5. The molecule has 5 atom stereocenters. The zero-order chi connectivity index (χ0) is 37.4. The first-order valence-electron chi connectivity index (χ1n) is 18.3. The highest BCUT2D eigenvalue weighted by Crippen LogP contribution is 2.55. The van der Waals surface area contributed by atoms with E-state index in [-0.39, 0.29) is 24.3 Å². The van der Waals surface area contributed by atoms with E-state index in [1.165, 1.54) is 18.2 Å². The van der Waals surface area contributed by atoms with Crippen LogP contribution in [0.4, 0.5) is 0 Å². The van der Waals surface area contributed by atoms with Crippen LogP contribution in [0.15, 0.2) is 60.9 Å². The van der Waals surface area contributed by atoms with E-state index >= 15 is 0 Å². The van der Waals surface area contributed by atoms with Crippen LogP contribution in [0.1, 0.15) is 80.9 Å². The van der Waals surface area contributed by atoms with Gasteiger partial charge in [0, 0.05) is 43.0 Å². The Bertz CT molecular complexity index is 1670. The lowest BCUT2D eigenvalue weighted by Gasteiger charge is -2.30. The normalized spacial score (nSPS) is 17.8. The summed E-state index contributed by atoms with van der Waals surface area (Å²) in [6.45, 7) is 0.482. The molecule has 2 fully saturated rings. The molecule has 0 bridgehead atoms. The topological polar surface area (TPSA) is 173 Å². The van der Waals surface area contributed by atoms with Crippen molar-refractivity contribution in [3.8, 4) is 16.9 Å². The number of aromatic nitrogens is 1. The lowest BCUT2D eigenvalue weighted by molar-refractivity contribution is -0.143. The fourth-order valence-electron chi connectivity index (χ4n) is 6.77. The van der Waals surface area contributed by atoms with Gasteiger partial charge in [0.1, 0.15) is 30.2 Å². The molecule has 5 rings (SSSR count). The minimum absolute atomic E-state index is 0.0164. The van der Waals surface area contributed by atoms with Crippen molar-refractivity contribution < 1.29 is 39.9 Å². The molecule has 2 amide bonds. The van der Waals surface area contributed by atoms with Crippen LogP contribution in [0.25, 0.3) is 11.1 Å². The van der Waals surface area contributed by atoms with Gasteiger partial charge in [-0.05, 0) is 103 Å². The van der Waals surface area contributed by atoms with Crippen molar-refractivity contribution in [1.82, 2.24) is 15.2 Å². The SMILES string of the molecule is CNC(=O)CN(C[C@H](O)[C@@H](O)[C@H](O)[C@H](O)CO)C(=O)CCCC(C)c1ccc(Cl)c(CCC2(c3cnccc3-c3ccccc3OC3CC3)CC2)c1. The van der Waals surface area contributed by atoms with Crippen molar-refractivity contribution in [2.45, 2.75) is 107 Å². The number of aryl methyl sites for hydroxylation is 1. The predicted molar refractivity (Wildman–Crippen MR) is 198 cm³/mol. The van der Waals surface area contributed by atoms with Gasteiger partial charge in [-0.1, -0.05) is 48.9 Å².